The molecule has 1 unspecified atom stereocenters. The summed E-state index contributed by atoms with van der Waals surface area (Å²) in [5.41, 5.74) is 13.7. The number of nitrogens with one attached hydrogen (secondary N) is 1. The lowest BCUT2D eigenvalue weighted by molar-refractivity contribution is 0.607. The Morgan fingerprint density at radius 1 is 1.24 bits per heavy atom. The van der Waals surface area contributed by atoms with Crippen LogP contribution >= 0.6 is 0 Å². The van der Waals surface area contributed by atoms with Crippen LogP contribution < -0.4 is 11.5 Å². The molecule has 10 heteroatoms. The first-order valence-electron chi connectivity index (χ1n) is 8.76. The summed E-state index contributed by atoms with van der Waals surface area (Å²) in [5.74, 6) is -0.131. The molecule has 1 atom stereocenters. The van der Waals surface area contributed by atoms with Crippen LogP contribution in [0.5, 0.6) is 0 Å². The zero-order valence-corrected chi connectivity index (χ0v) is 15.5. The quantitative estimate of drug-likeness (QED) is 0.446. The number of benzene rings is 1. The molecule has 0 radical (unpaired) electrons. The molecule has 1 aromatic carbocycles. The second-order valence-electron chi connectivity index (χ2n) is 6.40. The Bertz CT molecular complexity index is 1240. The highest BCUT2D eigenvalue weighted by atomic mass is 19.1. The van der Waals surface area contributed by atoms with Crippen molar-refractivity contribution >= 4 is 22.6 Å². The number of anilines is 1. The van der Waals surface area contributed by atoms with Crippen molar-refractivity contribution in [2.75, 3.05) is 5.73 Å². The van der Waals surface area contributed by atoms with Crippen molar-refractivity contribution in [3.8, 4) is 5.69 Å². The second kappa shape index (κ2) is 7.15. The third kappa shape index (κ3) is 3.10. The Hall–Kier alpha value is -4.08. The van der Waals surface area contributed by atoms with Gasteiger partial charge in [0.2, 0.25) is 0 Å². The number of nitrogens with two attached hydrogens (primary N) is 2. The highest BCUT2D eigenvalue weighted by Gasteiger charge is 2.21. The van der Waals surface area contributed by atoms with Gasteiger partial charge in [-0.2, -0.15) is 0 Å². The topological polar surface area (TPSA) is 137 Å². The van der Waals surface area contributed by atoms with E-state index in [9.17, 15) is 4.39 Å². The summed E-state index contributed by atoms with van der Waals surface area (Å²) in [6.07, 6.45) is 7.53. The van der Waals surface area contributed by atoms with Crippen LogP contribution in [0.1, 0.15) is 24.2 Å². The van der Waals surface area contributed by atoms with E-state index in [1.165, 1.54) is 29.4 Å². The van der Waals surface area contributed by atoms with Crippen LogP contribution in [-0.4, -0.2) is 35.2 Å². The zero-order valence-electron chi connectivity index (χ0n) is 15.5. The number of nitrogen functional groups attached to an aromatic ring is 1. The van der Waals surface area contributed by atoms with Crippen LogP contribution in [0.25, 0.3) is 16.7 Å². The zero-order chi connectivity index (χ0) is 20.5. The Balaban J connectivity index is 1.81. The first kappa shape index (κ1) is 18.3. The van der Waals surface area contributed by atoms with Crippen molar-refractivity contribution in [1.29, 1.82) is 5.41 Å². The number of fused-ring (bicyclic) bond motifs is 1. The van der Waals surface area contributed by atoms with E-state index in [4.69, 9.17) is 16.9 Å². The Morgan fingerprint density at radius 2 is 2.03 bits per heavy atom. The van der Waals surface area contributed by atoms with Crippen molar-refractivity contribution in [2.45, 2.75) is 13.0 Å². The predicted molar refractivity (Wildman–Crippen MR) is 107 cm³/mol. The minimum atomic E-state index is -0.396. The van der Waals surface area contributed by atoms with Gasteiger partial charge >= 0.3 is 0 Å². The maximum Gasteiger partial charge on any atom is 0.148 e. The number of halogens is 1. The molecule has 0 aliphatic carbocycles. The lowest BCUT2D eigenvalue weighted by Gasteiger charge is -2.11. The van der Waals surface area contributed by atoms with E-state index in [1.54, 1.807) is 30.6 Å². The monoisotopic (exact) mass is 391 g/mol. The highest BCUT2D eigenvalue weighted by molar-refractivity contribution is 6.16. The molecule has 4 rings (SSSR count). The summed E-state index contributed by atoms with van der Waals surface area (Å²) in [6.45, 7) is 1.90. The van der Waals surface area contributed by atoms with Crippen molar-refractivity contribution in [3.05, 3.63) is 72.3 Å². The maximum atomic E-state index is 14.1. The highest BCUT2D eigenvalue weighted by Crippen LogP contribution is 2.29. The maximum absolute atomic E-state index is 14.1. The van der Waals surface area contributed by atoms with Crippen molar-refractivity contribution in [3.63, 3.8) is 0 Å². The summed E-state index contributed by atoms with van der Waals surface area (Å²) in [5, 5.41) is 17.0. The van der Waals surface area contributed by atoms with Crippen LogP contribution in [0, 0.1) is 11.2 Å². The SMILES string of the molecule is CC(c1cn(-c2ccccc2F)nn1)n1cc(C(=N)/C=C\N)c2c(N)ncnc21. The molecule has 9 nitrogen and oxygen atoms in total. The van der Waals surface area contributed by atoms with Crippen LogP contribution in [0.2, 0.25) is 0 Å². The van der Waals surface area contributed by atoms with Gasteiger partial charge in [0.15, 0.2) is 0 Å². The van der Waals surface area contributed by atoms with Gasteiger partial charge < -0.3 is 21.4 Å². The van der Waals surface area contributed by atoms with Crippen LogP contribution in [0.4, 0.5) is 10.2 Å². The Morgan fingerprint density at radius 3 is 2.79 bits per heavy atom. The lowest BCUT2D eigenvalue weighted by atomic mass is 10.1. The molecule has 0 saturated heterocycles. The number of nitrogens with zero attached hydrogens (tertiary/aromatic N) is 6. The van der Waals surface area contributed by atoms with Gasteiger partial charge in [0, 0.05) is 11.8 Å². The summed E-state index contributed by atoms with van der Waals surface area (Å²) in [7, 11) is 0. The van der Waals surface area contributed by atoms with Gasteiger partial charge in [0.05, 0.1) is 23.3 Å². The largest absolute Gasteiger partial charge is 0.405 e. The normalized spacial score (nSPS) is 12.6. The number of aromatic nitrogens is 6. The Labute approximate surface area is 165 Å². The van der Waals surface area contributed by atoms with Crippen LogP contribution in [-0.2, 0) is 0 Å². The molecule has 0 bridgehead atoms. The van der Waals surface area contributed by atoms with E-state index >= 15 is 0 Å². The van der Waals surface area contributed by atoms with Gasteiger partial charge in [-0.25, -0.2) is 19.0 Å². The molecule has 29 heavy (non-hydrogen) atoms. The summed E-state index contributed by atoms with van der Waals surface area (Å²) >= 11 is 0. The van der Waals surface area contributed by atoms with Crippen molar-refractivity contribution < 1.29 is 4.39 Å². The van der Waals surface area contributed by atoms with Crippen molar-refractivity contribution in [2.24, 2.45) is 5.73 Å². The molecule has 3 heterocycles. The Kier molecular flexibility index (Phi) is 4.51. The molecule has 5 N–H and O–H groups in total. The molecule has 0 aliphatic heterocycles. The number of rotatable bonds is 5. The van der Waals surface area contributed by atoms with Gasteiger partial charge in [-0.05, 0) is 31.3 Å². The van der Waals surface area contributed by atoms with Gasteiger partial charge in [-0.3, -0.25) is 0 Å². The molecule has 0 saturated carbocycles. The fraction of sp³-hybridized carbons (Fsp3) is 0.105. The van der Waals surface area contributed by atoms with E-state index in [0.29, 0.717) is 28.0 Å². The lowest BCUT2D eigenvalue weighted by Crippen LogP contribution is -2.07. The standard InChI is InChI=1S/C19H18FN9/c1-11(15-9-29(27-26-15)16-5-3-2-4-13(16)20)28-8-12(14(22)6-7-21)17-18(23)24-10-25-19(17)28/h2-11,22H,21H2,1H3,(H2,23,24,25)/b7-6-,22-14?. The molecule has 0 aliphatic rings. The summed E-state index contributed by atoms with van der Waals surface area (Å²) < 4.78 is 17.3. The van der Waals surface area contributed by atoms with Gasteiger partial charge in [-0.15, -0.1) is 5.10 Å². The molecular formula is C19H18FN9. The van der Waals surface area contributed by atoms with Crippen molar-refractivity contribution in [1.82, 2.24) is 29.5 Å². The van der Waals surface area contributed by atoms with E-state index in [2.05, 4.69) is 20.3 Å². The predicted octanol–water partition coefficient (Wildman–Crippen LogP) is 2.18. The van der Waals surface area contributed by atoms with Gasteiger partial charge in [-0.1, -0.05) is 17.3 Å². The molecular weight excluding hydrogens is 373 g/mol. The average molecular weight is 391 g/mol. The molecule has 0 fully saturated rings. The third-order valence-electron chi connectivity index (χ3n) is 4.65. The first-order valence-corrected chi connectivity index (χ1v) is 8.76. The van der Waals surface area contributed by atoms with Gasteiger partial charge in [0.25, 0.3) is 0 Å². The molecule has 0 amide bonds. The number of hydrogen-bond acceptors (Lipinski definition) is 7. The number of hydrogen-bond donors (Lipinski definition) is 3. The van der Waals surface area contributed by atoms with Crippen LogP contribution in [0.3, 0.4) is 0 Å². The van der Waals surface area contributed by atoms with E-state index in [1.807, 2.05) is 11.5 Å². The fourth-order valence-electron chi connectivity index (χ4n) is 3.16. The van der Waals surface area contributed by atoms with Gasteiger partial charge in [0.1, 0.15) is 35.0 Å². The average Bonchev–Trinajstić information content (AvgIpc) is 3.34. The summed E-state index contributed by atoms with van der Waals surface area (Å²) in [4.78, 5) is 8.37. The van der Waals surface area contributed by atoms with E-state index in [0.717, 1.165) is 0 Å². The molecule has 3 aromatic heterocycles. The second-order valence-corrected chi connectivity index (χ2v) is 6.40. The minimum absolute atomic E-state index is 0.181. The molecule has 4 aromatic rings. The first-order chi connectivity index (χ1) is 14.0. The smallest absolute Gasteiger partial charge is 0.148 e. The van der Waals surface area contributed by atoms with Crippen LogP contribution in [0.15, 0.2) is 55.3 Å². The third-order valence-corrected chi connectivity index (χ3v) is 4.65. The number of allylic oxidation sites excluding steroid dienone is 1. The van der Waals surface area contributed by atoms with E-state index in [-0.39, 0.29) is 17.6 Å². The fourth-order valence-corrected chi connectivity index (χ4v) is 3.16. The minimum Gasteiger partial charge on any atom is -0.405 e. The number of para-hydroxylation sites is 1. The molecule has 146 valence electrons. The van der Waals surface area contributed by atoms with E-state index < -0.39 is 5.82 Å². The summed E-state index contributed by atoms with van der Waals surface area (Å²) in [6, 6.07) is 6.01. The molecule has 0 spiro atoms.